The zero-order valence-corrected chi connectivity index (χ0v) is 83.3. The lowest BCUT2D eigenvalue weighted by molar-refractivity contribution is -0.183. The van der Waals surface area contributed by atoms with E-state index < -0.39 is 0 Å². The summed E-state index contributed by atoms with van der Waals surface area (Å²) in [5.41, 5.74) is 17.7. The molecule has 7 aromatic heterocycles. The van der Waals surface area contributed by atoms with Gasteiger partial charge in [0.05, 0.1) is 13.3 Å². The van der Waals surface area contributed by atoms with Crippen LogP contribution in [0.4, 0.5) is 5.69 Å². The van der Waals surface area contributed by atoms with Crippen molar-refractivity contribution in [3.05, 3.63) is 198 Å². The third kappa shape index (κ3) is 13.6. The molecule has 25 fully saturated rings. The summed E-state index contributed by atoms with van der Waals surface area (Å²) in [6.45, 7) is 47.7. The van der Waals surface area contributed by atoms with E-state index in [-0.39, 0.29) is 5.41 Å². The molecular weight excluding hydrogens is 1580 g/mol. The highest BCUT2D eigenvalue weighted by Gasteiger charge is 2.67. The maximum Gasteiger partial charge on any atom is 0.0509 e. The van der Waals surface area contributed by atoms with Gasteiger partial charge in [-0.3, -0.25) is 39.2 Å². The average Bonchev–Trinajstić information content (AvgIpc) is 1.33. The summed E-state index contributed by atoms with van der Waals surface area (Å²) in [6, 6.07) is 46.5. The zero-order valence-electron chi connectivity index (χ0n) is 83.3. The summed E-state index contributed by atoms with van der Waals surface area (Å²) in [6.07, 6.45) is 42.6. The van der Waals surface area contributed by atoms with Gasteiger partial charge in [-0.15, -0.1) is 0 Å². The Morgan fingerprint density at radius 1 is 0.326 bits per heavy atom. The van der Waals surface area contributed by atoms with Gasteiger partial charge in [0, 0.05) is 314 Å². The Kier molecular flexibility index (Phi) is 21.9. The summed E-state index contributed by atoms with van der Waals surface area (Å²) >= 11 is 0. The third-order valence-electron chi connectivity index (χ3n) is 42.4. The Morgan fingerprint density at radius 3 is 1.22 bits per heavy atom. The summed E-state index contributed by atoms with van der Waals surface area (Å²) in [5.74, 6) is 8.72. The van der Waals surface area contributed by atoms with Crippen molar-refractivity contribution in [2.45, 2.75) is 309 Å². The molecule has 35 rings (SSSR count). The fourth-order valence-corrected chi connectivity index (χ4v) is 36.7. The van der Waals surface area contributed by atoms with Gasteiger partial charge in [0.2, 0.25) is 0 Å². The van der Waals surface area contributed by atoms with Crippen molar-refractivity contribution in [2.75, 3.05) is 96.8 Å². The van der Waals surface area contributed by atoms with Crippen LogP contribution in [0.3, 0.4) is 0 Å². The van der Waals surface area contributed by atoms with Gasteiger partial charge in [0.15, 0.2) is 0 Å². The van der Waals surface area contributed by atoms with Gasteiger partial charge < -0.3 is 36.9 Å². The lowest BCUT2D eigenvalue weighted by Crippen LogP contribution is -2.75. The van der Waals surface area contributed by atoms with Crippen molar-refractivity contribution >= 4 is 5.69 Å². The van der Waals surface area contributed by atoms with E-state index >= 15 is 0 Å². The van der Waals surface area contributed by atoms with Crippen molar-refractivity contribution in [1.82, 2.24) is 71.2 Å². The van der Waals surface area contributed by atoms with E-state index in [0.29, 0.717) is 85.6 Å². The predicted octanol–water partition coefficient (Wildman–Crippen LogP) is 18.9. The summed E-state index contributed by atoms with van der Waals surface area (Å²) in [7, 11) is 15.5. The monoisotopic (exact) mass is 1750 g/mol. The van der Waals surface area contributed by atoms with E-state index in [1.54, 1.807) is 28.5 Å². The Morgan fingerprint density at radius 2 is 0.744 bits per heavy atom. The maximum absolute atomic E-state index is 3.02. The van der Waals surface area contributed by atoms with Crippen molar-refractivity contribution < 1.29 is 0 Å². The number of hydrogen-bond donors (Lipinski definition) is 0. The number of piperidine rings is 17. The van der Waals surface area contributed by atoms with Crippen molar-refractivity contribution in [1.29, 1.82) is 0 Å². The minimum atomic E-state index is 0.261. The van der Waals surface area contributed by atoms with E-state index in [9.17, 15) is 0 Å². The van der Waals surface area contributed by atoms with Crippen LogP contribution in [0, 0.1) is 52.8 Å². The zero-order chi connectivity index (χ0) is 89.3. The number of aromatic nitrogens is 7. The molecule has 23 aliphatic heterocycles. The van der Waals surface area contributed by atoms with Crippen LogP contribution in [-0.4, -0.2) is 222 Å². The lowest BCUT2D eigenvalue weighted by Gasteiger charge is -2.71. The molecule has 1 spiro atoms. The number of para-hydroxylation sites is 1. The van der Waals surface area contributed by atoms with E-state index in [0.717, 1.165) is 65.5 Å². The van der Waals surface area contributed by atoms with E-state index in [1.165, 1.54) is 237 Å². The first kappa shape index (κ1) is 88.0. The molecule has 24 bridgehead atoms. The second kappa shape index (κ2) is 32.2. The quantitative estimate of drug-likeness (QED) is 0.155. The van der Waals surface area contributed by atoms with Crippen LogP contribution in [0.2, 0.25) is 0 Å². The van der Waals surface area contributed by atoms with Gasteiger partial charge in [-0.05, 0) is 328 Å². The van der Waals surface area contributed by atoms with E-state index in [4.69, 9.17) is 0 Å². The van der Waals surface area contributed by atoms with Crippen LogP contribution >= 0.6 is 0 Å². The largest absolute Gasteiger partial charge is 0.368 e. The van der Waals surface area contributed by atoms with E-state index in [2.05, 4.69) is 361 Å². The Hall–Kier alpha value is -6.34. The number of aryl methyl sites for hydroxylation is 7. The van der Waals surface area contributed by atoms with Crippen LogP contribution in [-0.2, 0) is 81.8 Å². The first-order valence-corrected chi connectivity index (χ1v) is 52.5. The lowest BCUT2D eigenvalue weighted by atomic mass is 9.48. The Bertz CT molecular complexity index is 5090. The van der Waals surface area contributed by atoms with Gasteiger partial charge >= 0.3 is 0 Å². The fraction of sp³-hybridized carbons (Fsp3) is 0.699. The molecule has 0 N–H and O–H groups in total. The van der Waals surface area contributed by atoms with Crippen LogP contribution in [0.15, 0.2) is 153 Å². The molecule has 4 aliphatic carbocycles. The van der Waals surface area contributed by atoms with Crippen molar-refractivity contribution in [3.63, 3.8) is 0 Å². The summed E-state index contributed by atoms with van der Waals surface area (Å²) in [4.78, 5) is 24.6. The molecule has 1 aromatic carbocycles. The molecule has 31 atom stereocenters. The van der Waals surface area contributed by atoms with Crippen molar-refractivity contribution in [2.24, 2.45) is 102 Å². The summed E-state index contributed by atoms with van der Waals surface area (Å²) < 4.78 is 16.5. The molecule has 0 amide bonds. The third-order valence-corrected chi connectivity index (χ3v) is 42.4. The summed E-state index contributed by atoms with van der Waals surface area (Å²) in [5, 5.41) is 0. The minimum absolute atomic E-state index is 0.261. The minimum Gasteiger partial charge on any atom is -0.368 e. The topological polar surface area (TPSA) is 63.7 Å². The van der Waals surface area contributed by atoms with Gasteiger partial charge in [-0.25, -0.2) is 0 Å². The highest BCUT2D eigenvalue weighted by Crippen LogP contribution is 2.66. The molecule has 30 heterocycles. The average molecular weight is 1750 g/mol. The molecule has 0 radical (unpaired) electrons. The number of nitrogens with zero attached hydrogens (tertiary/aromatic N) is 16. The molecule has 4 saturated carbocycles. The van der Waals surface area contributed by atoms with Gasteiger partial charge in [0.1, 0.15) is 0 Å². The first-order chi connectivity index (χ1) is 61.8. The van der Waals surface area contributed by atoms with Gasteiger partial charge in [-0.2, -0.15) is 0 Å². The number of hydrogen-bond acceptors (Lipinski definition) is 9. The van der Waals surface area contributed by atoms with Crippen LogP contribution in [0.5, 0.6) is 0 Å². The molecule has 21 saturated heterocycles. The number of anilines is 1. The Balaban J connectivity index is 0.0000000887. The Labute approximate surface area is 777 Å². The number of benzene rings is 1. The normalized spacial score (nSPS) is 44.3. The smallest absolute Gasteiger partial charge is 0.0509 e. The molecule has 698 valence electrons. The first-order valence-electron chi connectivity index (χ1n) is 52.5. The molecule has 8 aromatic rings. The number of fused-ring (bicyclic) bond motifs is 5. The molecule has 16 nitrogen and oxygen atoms in total. The highest BCUT2D eigenvalue weighted by atomic mass is 15.4. The molecule has 16 heteroatoms. The van der Waals surface area contributed by atoms with Crippen LogP contribution in [0.25, 0.3) is 0 Å². The molecular formula is C113H166N16. The molecule has 27 aliphatic rings. The molecule has 129 heavy (non-hydrogen) atoms. The molecule has 30 unspecified atom stereocenters. The second-order valence-electron chi connectivity index (χ2n) is 49.1. The predicted molar refractivity (Wildman–Crippen MR) is 527 cm³/mol. The van der Waals surface area contributed by atoms with Gasteiger partial charge in [0.25, 0.3) is 0 Å². The maximum atomic E-state index is 3.02. The number of rotatable bonds is 7. The van der Waals surface area contributed by atoms with Crippen LogP contribution < -0.4 is 4.90 Å². The van der Waals surface area contributed by atoms with Crippen molar-refractivity contribution in [3.8, 4) is 0 Å². The van der Waals surface area contributed by atoms with Crippen LogP contribution in [0.1, 0.15) is 262 Å². The van der Waals surface area contributed by atoms with Gasteiger partial charge in [-0.1, -0.05) is 51.3 Å². The highest BCUT2D eigenvalue weighted by molar-refractivity contribution is 5.65. The standard InChI is InChI=1S/C20H30N2.C18H22N2.C17H26N2.C15H22N2.C15H24N2.2C14H21N3/c1-15-19(18-7-6-10-21(18)2)12-16-11-17(13-19)20(22(15)14-16)8-4-3-5-9-20;1-13-17(16-9-6-11-19(16)3)18(2)10-12-20(13)15-8-5-4-7-14(15)18;1-12-17(15-6-5-7-18(15)4)9-13-8-14(10-17)16(2,3)19(12)11-13;1-11-15(14-4-3-5-16(14)2)7-12-6-13(8-15)10-17(11)9-12;1-11-10-15(3)7-9-17(11)12(2)14(15)13-6-5-8-16(13)4;2*1-11-14(13-4-3-5-15(13)2)6-12-7-16(9-14)10-17(11)8-12/h6-7,10,15-17H,3-5,8-9,11-14H2,1-2H3;4-9,11,13,17H,10,12H2,1-3H3;5-7,12-14H,8-11H2,1-4H3;3-5,11-13H,6-10H2,1-2H3;5-6,8,11-12,14H,7,9-10H2,1-4H3;2*3-5,11-12H,6-10H2,1-2H3/t;13-,17?,18?;;;;;/m.1...../s1. The fourth-order valence-electron chi connectivity index (χ4n) is 36.7. The van der Waals surface area contributed by atoms with E-state index in [1.807, 2.05) is 0 Å². The second-order valence-corrected chi connectivity index (χ2v) is 49.1. The SMILES string of the molecule is CC1CC2(C)CCN1C(C)C2c1cccn1C.CC1N2CC3CC(C2)CC1(c1cccn1C)C3.CC1N2CC3CC(CC1(c1cccn1C)C3)C2(C)C.CC1N2CC3CC(CC1(c1cccn1C)C3)C21CCCCC1.CC1N2CC3CN(C2)CC1(c1cccn1C)C3.CC1N2CC3CN(C2)CC1(c1cccn1C)C3.C[C@@H]1C(c2cccn2C)C2(C)CCN1c1ccccc12.